The Kier molecular flexibility index (Phi) is 2.71. The van der Waals surface area contributed by atoms with E-state index in [0.29, 0.717) is 11.3 Å². The van der Waals surface area contributed by atoms with Crippen LogP contribution >= 0.6 is 0 Å². The van der Waals surface area contributed by atoms with Gasteiger partial charge in [0.1, 0.15) is 4.90 Å². The summed E-state index contributed by atoms with van der Waals surface area (Å²) < 4.78 is 27.3. The van der Waals surface area contributed by atoms with E-state index in [1.807, 2.05) is 19.9 Å². The Morgan fingerprint density at radius 3 is 2.29 bits per heavy atom. The van der Waals surface area contributed by atoms with Crippen molar-refractivity contribution < 1.29 is 8.42 Å². The fourth-order valence-corrected chi connectivity index (χ4v) is 3.73. The molecule has 1 aliphatic rings. The molecule has 2 rings (SSSR count). The van der Waals surface area contributed by atoms with Crippen LogP contribution < -0.4 is 10.5 Å². The summed E-state index contributed by atoms with van der Waals surface area (Å²) >= 11 is 0. The minimum atomic E-state index is -3.51. The van der Waals surface area contributed by atoms with E-state index in [1.165, 1.54) is 0 Å². The van der Waals surface area contributed by atoms with Gasteiger partial charge in [-0.3, -0.25) is 0 Å². The van der Waals surface area contributed by atoms with Gasteiger partial charge in [-0.15, -0.1) is 0 Å². The highest BCUT2D eigenvalue weighted by Crippen LogP contribution is 2.37. The summed E-state index contributed by atoms with van der Waals surface area (Å²) in [5.74, 6) is 0. The molecule has 0 spiro atoms. The average Bonchev–Trinajstić information content (AvgIpc) is 2.88. The van der Waals surface area contributed by atoms with Crippen molar-refractivity contribution in [3.05, 3.63) is 23.3 Å². The van der Waals surface area contributed by atoms with Crippen molar-refractivity contribution in [3.8, 4) is 0 Å². The van der Waals surface area contributed by atoms with Crippen LogP contribution in [0, 0.1) is 13.8 Å². The predicted molar refractivity (Wildman–Crippen MR) is 68.3 cm³/mol. The van der Waals surface area contributed by atoms with Crippen LogP contribution in [-0.2, 0) is 10.0 Å². The largest absolute Gasteiger partial charge is 0.397 e. The Balaban J connectivity index is 2.49. The zero-order valence-corrected chi connectivity index (χ0v) is 11.2. The van der Waals surface area contributed by atoms with Crippen molar-refractivity contribution in [1.29, 1.82) is 0 Å². The van der Waals surface area contributed by atoms with Gasteiger partial charge in [0.2, 0.25) is 10.0 Å². The van der Waals surface area contributed by atoms with Crippen LogP contribution in [0.5, 0.6) is 0 Å². The van der Waals surface area contributed by atoms with E-state index >= 15 is 0 Å². The van der Waals surface area contributed by atoms with Gasteiger partial charge in [-0.1, -0.05) is 12.1 Å². The number of nitrogens with one attached hydrogen (secondary N) is 1. The molecule has 94 valence electrons. The van der Waals surface area contributed by atoms with E-state index in [0.717, 1.165) is 18.4 Å². The lowest BCUT2D eigenvalue weighted by atomic mass is 10.1. The monoisotopic (exact) mass is 254 g/mol. The van der Waals surface area contributed by atoms with E-state index in [4.69, 9.17) is 5.73 Å². The van der Waals surface area contributed by atoms with Crippen LogP contribution in [-0.4, -0.2) is 14.0 Å². The third-order valence-electron chi connectivity index (χ3n) is 3.26. The predicted octanol–water partition coefficient (Wildman–Crippen LogP) is 1.72. The Morgan fingerprint density at radius 1 is 1.24 bits per heavy atom. The highest BCUT2D eigenvalue weighted by molar-refractivity contribution is 7.89. The summed E-state index contributed by atoms with van der Waals surface area (Å²) in [6.45, 7) is 5.48. The number of aryl methyl sites for hydroxylation is 2. The second kappa shape index (κ2) is 3.71. The second-order valence-electron chi connectivity index (χ2n) is 5.11. The van der Waals surface area contributed by atoms with E-state index in [1.54, 1.807) is 13.0 Å². The van der Waals surface area contributed by atoms with Crippen molar-refractivity contribution >= 4 is 15.7 Å². The zero-order valence-electron chi connectivity index (χ0n) is 10.4. The van der Waals surface area contributed by atoms with Crippen LogP contribution in [0.3, 0.4) is 0 Å². The van der Waals surface area contributed by atoms with Gasteiger partial charge in [0, 0.05) is 5.54 Å². The average molecular weight is 254 g/mol. The molecule has 1 aromatic rings. The van der Waals surface area contributed by atoms with E-state index < -0.39 is 10.0 Å². The van der Waals surface area contributed by atoms with Crippen molar-refractivity contribution in [2.45, 2.75) is 44.0 Å². The topological polar surface area (TPSA) is 72.2 Å². The SMILES string of the molecule is Cc1ccc(C)c(S(=O)(=O)NC2(C)CC2)c1N. The molecule has 0 heterocycles. The summed E-state index contributed by atoms with van der Waals surface area (Å²) in [4.78, 5) is 0.227. The quantitative estimate of drug-likeness (QED) is 0.807. The number of nitrogen functional groups attached to an aromatic ring is 1. The highest BCUT2D eigenvalue weighted by atomic mass is 32.2. The molecule has 1 fully saturated rings. The van der Waals surface area contributed by atoms with Gasteiger partial charge >= 0.3 is 0 Å². The molecular formula is C12H18N2O2S. The van der Waals surface area contributed by atoms with Gasteiger partial charge in [0.05, 0.1) is 5.69 Å². The molecule has 5 heteroatoms. The first-order chi connectivity index (χ1) is 7.75. The Hall–Kier alpha value is -1.07. The molecule has 1 aliphatic carbocycles. The molecule has 0 unspecified atom stereocenters. The van der Waals surface area contributed by atoms with Gasteiger partial charge in [-0.25, -0.2) is 13.1 Å². The van der Waals surface area contributed by atoms with Gasteiger partial charge in [-0.05, 0) is 44.7 Å². The summed E-state index contributed by atoms with van der Waals surface area (Å²) in [5.41, 5.74) is 7.44. The fourth-order valence-electron chi connectivity index (χ4n) is 1.83. The highest BCUT2D eigenvalue weighted by Gasteiger charge is 2.42. The van der Waals surface area contributed by atoms with E-state index in [9.17, 15) is 8.42 Å². The third-order valence-corrected chi connectivity index (χ3v) is 5.10. The molecule has 4 nitrogen and oxygen atoms in total. The lowest BCUT2D eigenvalue weighted by Gasteiger charge is -2.16. The molecular weight excluding hydrogens is 236 g/mol. The maximum absolute atomic E-state index is 12.3. The molecule has 0 saturated heterocycles. The maximum Gasteiger partial charge on any atom is 0.243 e. The van der Waals surface area contributed by atoms with Crippen LogP contribution in [0.2, 0.25) is 0 Å². The number of nitrogens with two attached hydrogens (primary N) is 1. The first kappa shape index (κ1) is 12.4. The molecule has 0 amide bonds. The standard InChI is InChI=1S/C12H18N2O2S/c1-8-4-5-9(2)11(10(8)13)17(15,16)14-12(3)6-7-12/h4-5,14H,6-7,13H2,1-3H3. The van der Waals surface area contributed by atoms with Gasteiger partial charge in [-0.2, -0.15) is 0 Å². The van der Waals surface area contributed by atoms with Crippen molar-refractivity contribution in [3.63, 3.8) is 0 Å². The number of sulfonamides is 1. The Labute approximate surface area is 102 Å². The molecule has 1 saturated carbocycles. The maximum atomic E-state index is 12.3. The van der Waals surface area contributed by atoms with Crippen molar-refractivity contribution in [2.24, 2.45) is 0 Å². The Morgan fingerprint density at radius 2 is 1.76 bits per heavy atom. The Bertz CT molecular complexity index is 560. The summed E-state index contributed by atoms with van der Waals surface area (Å²) in [6.07, 6.45) is 1.77. The number of rotatable bonds is 3. The second-order valence-corrected chi connectivity index (χ2v) is 6.73. The van der Waals surface area contributed by atoms with Crippen LogP contribution in [0.1, 0.15) is 30.9 Å². The van der Waals surface area contributed by atoms with Gasteiger partial charge in [0.25, 0.3) is 0 Å². The third kappa shape index (κ3) is 2.30. The first-order valence-corrected chi connectivity index (χ1v) is 7.13. The molecule has 0 radical (unpaired) electrons. The lowest BCUT2D eigenvalue weighted by Crippen LogP contribution is -2.35. The number of hydrogen-bond acceptors (Lipinski definition) is 3. The number of anilines is 1. The molecule has 17 heavy (non-hydrogen) atoms. The fraction of sp³-hybridized carbons (Fsp3) is 0.500. The molecule has 0 aromatic heterocycles. The van der Waals surface area contributed by atoms with Crippen LogP contribution in [0.4, 0.5) is 5.69 Å². The lowest BCUT2D eigenvalue weighted by molar-refractivity contribution is 0.558. The normalized spacial score (nSPS) is 18.1. The van der Waals surface area contributed by atoms with E-state index in [-0.39, 0.29) is 10.4 Å². The molecule has 3 N–H and O–H groups in total. The molecule has 0 bridgehead atoms. The number of benzene rings is 1. The first-order valence-electron chi connectivity index (χ1n) is 5.65. The summed E-state index contributed by atoms with van der Waals surface area (Å²) in [6, 6.07) is 3.62. The summed E-state index contributed by atoms with van der Waals surface area (Å²) in [7, 11) is -3.51. The smallest absolute Gasteiger partial charge is 0.243 e. The van der Waals surface area contributed by atoms with Crippen molar-refractivity contribution in [2.75, 3.05) is 5.73 Å². The zero-order chi connectivity index (χ0) is 12.8. The minimum Gasteiger partial charge on any atom is -0.397 e. The minimum absolute atomic E-state index is 0.227. The molecule has 0 aliphatic heterocycles. The molecule has 1 aromatic carbocycles. The van der Waals surface area contributed by atoms with Crippen molar-refractivity contribution in [1.82, 2.24) is 4.72 Å². The van der Waals surface area contributed by atoms with Gasteiger partial charge < -0.3 is 5.73 Å². The van der Waals surface area contributed by atoms with Crippen LogP contribution in [0.15, 0.2) is 17.0 Å². The number of hydrogen-bond donors (Lipinski definition) is 2. The van der Waals surface area contributed by atoms with E-state index in [2.05, 4.69) is 4.72 Å². The van der Waals surface area contributed by atoms with Crippen LogP contribution in [0.25, 0.3) is 0 Å². The van der Waals surface area contributed by atoms with Gasteiger partial charge in [0.15, 0.2) is 0 Å². The summed E-state index contributed by atoms with van der Waals surface area (Å²) in [5, 5.41) is 0. The molecule has 0 atom stereocenters.